The zero-order chi connectivity index (χ0) is 28.9. The number of benzene rings is 2. The van der Waals surface area contributed by atoms with E-state index in [-0.39, 0.29) is 65.0 Å². The van der Waals surface area contributed by atoms with E-state index in [0.717, 1.165) is 18.2 Å². The minimum atomic E-state index is -4.79. The second kappa shape index (κ2) is 10.5. The number of aromatic nitrogens is 2. The zero-order valence-electron chi connectivity index (χ0n) is 21.1. The van der Waals surface area contributed by atoms with Crippen molar-refractivity contribution >= 4 is 33.5 Å². The maximum absolute atomic E-state index is 15.1. The normalized spacial score (nSPS) is 20.5. The van der Waals surface area contributed by atoms with Crippen LogP contribution in [0.15, 0.2) is 57.3 Å². The molecule has 0 radical (unpaired) electrons. The molecule has 2 aliphatic heterocycles. The van der Waals surface area contributed by atoms with Crippen LogP contribution in [0.2, 0.25) is 0 Å². The maximum atomic E-state index is 15.1. The molecule has 2 aromatic carbocycles. The number of halogens is 6. The molecule has 0 saturated carbocycles. The van der Waals surface area contributed by atoms with Gasteiger partial charge in [-0.05, 0) is 24.3 Å². The highest BCUT2D eigenvalue weighted by Gasteiger charge is 2.36. The molecule has 7 nitrogen and oxygen atoms in total. The molecule has 0 spiro atoms. The van der Waals surface area contributed by atoms with E-state index in [1.54, 1.807) is 4.90 Å². The monoisotopic (exact) mass is 586 g/mol. The van der Waals surface area contributed by atoms with Crippen molar-refractivity contribution in [2.45, 2.75) is 28.6 Å². The van der Waals surface area contributed by atoms with E-state index >= 15 is 4.39 Å². The highest BCUT2D eigenvalue weighted by molar-refractivity contribution is 8.17. The van der Waals surface area contributed by atoms with Crippen LogP contribution >= 0.6 is 10.9 Å². The van der Waals surface area contributed by atoms with Gasteiger partial charge in [0.15, 0.2) is 5.83 Å². The average molecular weight is 587 g/mol. The van der Waals surface area contributed by atoms with Crippen molar-refractivity contribution < 1.29 is 35.9 Å². The van der Waals surface area contributed by atoms with Crippen LogP contribution < -0.4 is 10.6 Å². The van der Waals surface area contributed by atoms with Gasteiger partial charge in [-0.2, -0.15) is 29.1 Å². The van der Waals surface area contributed by atoms with Gasteiger partial charge in [-0.25, -0.2) is 18.0 Å². The fourth-order valence-corrected chi connectivity index (χ4v) is 7.79. The quantitative estimate of drug-likeness (QED) is 0.281. The lowest BCUT2D eigenvalue weighted by Gasteiger charge is -2.35. The summed E-state index contributed by atoms with van der Waals surface area (Å²) in [5.74, 6) is -3.72. The predicted octanol–water partition coefficient (Wildman–Crippen LogP) is 4.27. The summed E-state index contributed by atoms with van der Waals surface area (Å²) in [6.45, 7) is 3.15. The third kappa shape index (κ3) is 5.05. The molecule has 0 N–H and O–H groups in total. The molecule has 14 heteroatoms. The van der Waals surface area contributed by atoms with Gasteiger partial charge in [0.05, 0.1) is 23.7 Å². The van der Waals surface area contributed by atoms with E-state index < -0.39 is 57.8 Å². The number of carbonyl (C=O) groups excluding carboxylic acids is 1. The van der Waals surface area contributed by atoms with Gasteiger partial charge in [0.25, 0.3) is 5.91 Å². The van der Waals surface area contributed by atoms with Crippen molar-refractivity contribution in [2.75, 3.05) is 43.9 Å². The Morgan fingerprint density at radius 2 is 1.80 bits per heavy atom. The van der Waals surface area contributed by atoms with E-state index in [9.17, 15) is 31.5 Å². The molecule has 1 aromatic heterocycles. The number of anilines is 1. The Bertz CT molecular complexity index is 1570. The molecule has 40 heavy (non-hydrogen) atoms. The number of ether oxygens (including phenoxy) is 1. The molecule has 0 bridgehead atoms. The second-order valence-corrected chi connectivity index (χ2v) is 11.7. The summed E-state index contributed by atoms with van der Waals surface area (Å²) in [5, 5.41) is 0.0193. The third-order valence-electron chi connectivity index (χ3n) is 7.06. The van der Waals surface area contributed by atoms with Crippen molar-refractivity contribution in [3.8, 4) is 0 Å². The predicted molar refractivity (Wildman–Crippen MR) is 138 cm³/mol. The van der Waals surface area contributed by atoms with Crippen LogP contribution in [0.5, 0.6) is 0 Å². The second-order valence-electron chi connectivity index (χ2n) is 9.47. The molecule has 214 valence electrons. The van der Waals surface area contributed by atoms with Gasteiger partial charge in [0.2, 0.25) is 0 Å². The molecule has 1 fully saturated rings. The van der Waals surface area contributed by atoms with Crippen LogP contribution in [-0.4, -0.2) is 65.5 Å². The number of methoxy groups -OCH3 is 1. The van der Waals surface area contributed by atoms with Crippen molar-refractivity contribution in [2.24, 2.45) is 0 Å². The number of alkyl halides is 3. The Hall–Kier alpha value is -3.52. The lowest BCUT2D eigenvalue weighted by molar-refractivity contribution is -0.137. The highest BCUT2D eigenvalue weighted by atomic mass is 32.2. The minimum Gasteiger partial charge on any atom is -0.379 e. The Morgan fingerprint density at radius 3 is 2.40 bits per heavy atom. The largest absolute Gasteiger partial charge is 0.416 e. The molecule has 1 amide bonds. The summed E-state index contributed by atoms with van der Waals surface area (Å²) in [7, 11) is -0.501. The first-order valence-corrected chi connectivity index (χ1v) is 13.7. The zero-order valence-corrected chi connectivity index (χ0v) is 22.0. The van der Waals surface area contributed by atoms with Crippen LogP contribution in [0.3, 0.4) is 0 Å². The summed E-state index contributed by atoms with van der Waals surface area (Å²) in [6.07, 6.45) is -5.46. The van der Waals surface area contributed by atoms with Crippen molar-refractivity contribution in [3.05, 3.63) is 70.4 Å². The van der Waals surface area contributed by atoms with Crippen LogP contribution in [0.1, 0.15) is 5.56 Å². The lowest BCUT2D eigenvalue weighted by Crippen LogP contribution is -2.49. The van der Waals surface area contributed by atoms with E-state index in [0.29, 0.717) is 6.07 Å². The molecule has 2 aliphatic rings. The van der Waals surface area contributed by atoms with Crippen LogP contribution in [-0.2, 0) is 22.3 Å². The average Bonchev–Trinajstić information content (AvgIpc) is 3.07. The first-order valence-electron chi connectivity index (χ1n) is 12.2. The molecule has 3 aromatic rings. The Kier molecular flexibility index (Phi) is 7.33. The molecule has 3 heterocycles. The van der Waals surface area contributed by atoms with Gasteiger partial charge in [-0.1, -0.05) is 6.58 Å². The van der Waals surface area contributed by atoms with E-state index in [1.807, 2.05) is 0 Å². The smallest absolute Gasteiger partial charge is 0.379 e. The first-order chi connectivity index (χ1) is 18.9. The van der Waals surface area contributed by atoms with Gasteiger partial charge in [0.1, 0.15) is 17.5 Å². The van der Waals surface area contributed by atoms with Gasteiger partial charge in [-0.15, -0.1) is 0 Å². The van der Waals surface area contributed by atoms with Crippen molar-refractivity contribution in [3.63, 3.8) is 0 Å². The number of nitrogens with zero attached hydrogens (tertiary/aromatic N) is 4. The van der Waals surface area contributed by atoms with Gasteiger partial charge < -0.3 is 14.5 Å². The number of carbonyl (C=O) groups is 1. The summed E-state index contributed by atoms with van der Waals surface area (Å²) in [5.41, 5.74) is -1.60. The summed E-state index contributed by atoms with van der Waals surface area (Å²) >= 11 is 0. The first kappa shape index (κ1) is 28.0. The summed E-state index contributed by atoms with van der Waals surface area (Å²) in [4.78, 5) is 32.3. The molecule has 5 rings (SSSR count). The van der Waals surface area contributed by atoms with Gasteiger partial charge >= 0.3 is 11.9 Å². The minimum absolute atomic E-state index is 0.0193. The lowest BCUT2D eigenvalue weighted by atomic mass is 10.1. The Balaban J connectivity index is 1.74. The molecular formula is C26H24F6N4O3S. The number of hydrogen-bond donors (Lipinski definition) is 1. The van der Waals surface area contributed by atoms with Crippen molar-refractivity contribution in [1.82, 2.24) is 14.5 Å². The third-order valence-corrected chi connectivity index (χ3v) is 9.70. The molecule has 2 atom stereocenters. The highest BCUT2D eigenvalue weighted by Crippen LogP contribution is 2.52. The number of thiol groups is 1. The van der Waals surface area contributed by atoms with Gasteiger partial charge in [-0.3, -0.25) is 9.36 Å². The van der Waals surface area contributed by atoms with Crippen LogP contribution in [0.25, 0.3) is 10.9 Å². The molecule has 0 aliphatic carbocycles. The summed E-state index contributed by atoms with van der Waals surface area (Å²) < 4.78 is 91.5. The Labute approximate surface area is 227 Å². The van der Waals surface area contributed by atoms with Crippen molar-refractivity contribution in [1.29, 1.82) is 0 Å². The number of amides is 1. The number of piperazine rings is 1. The standard InChI is InChI=1S/C26H24F6N4O3S/c1-14(27)24(37)35-7-5-34(6-8-35)23-18-9-15(26(30,31)32)10-21-22(18)36(25(38)33-23)12-17(39-2)13-40(21)20-4-3-16(28)11-19(20)29/h3-4,9-11,17,40H,1,5-8,12-13H2,2H3/t17-/m0/s1. The van der Waals surface area contributed by atoms with E-state index in [4.69, 9.17) is 4.74 Å². The molecule has 1 unspecified atom stereocenters. The van der Waals surface area contributed by atoms with Crippen LogP contribution in [0, 0.1) is 11.6 Å². The van der Waals surface area contributed by atoms with E-state index in [2.05, 4.69) is 11.6 Å². The SMILES string of the molecule is C=C(F)C(=O)N1CCN(c2nc(=O)n3c4c(cc(C(F)(F)F)cc24)[SH](c2ccc(F)cc2F)C[C@@H](OC)C3)CC1. The number of rotatable bonds is 4. The maximum Gasteiger partial charge on any atom is 0.416 e. The van der Waals surface area contributed by atoms with Crippen LogP contribution in [0.4, 0.5) is 32.2 Å². The molecule has 1 saturated heterocycles. The summed E-state index contributed by atoms with van der Waals surface area (Å²) in [6, 6.07) is 4.74. The molecular weight excluding hydrogens is 562 g/mol. The van der Waals surface area contributed by atoms with E-state index in [1.165, 1.54) is 22.6 Å². The number of hydrogen-bond acceptors (Lipinski definition) is 5. The topological polar surface area (TPSA) is 67.7 Å². The Morgan fingerprint density at radius 1 is 1.10 bits per heavy atom. The fraction of sp³-hybridized carbons (Fsp3) is 0.346. The van der Waals surface area contributed by atoms with Gasteiger partial charge in [0, 0.05) is 60.3 Å². The fourth-order valence-electron chi connectivity index (χ4n) is 5.09.